The molecule has 234 valence electrons. The van der Waals surface area contributed by atoms with Gasteiger partial charge in [-0.3, -0.25) is 0 Å². The number of methoxy groups -OCH3 is 3. The van der Waals surface area contributed by atoms with E-state index in [9.17, 15) is 0 Å². The van der Waals surface area contributed by atoms with Crippen LogP contribution in [0.1, 0.15) is 60.9 Å². The van der Waals surface area contributed by atoms with Crippen molar-refractivity contribution < 1.29 is 32.8 Å². The Kier molecular flexibility index (Phi) is 11.2. The lowest BCUT2D eigenvalue weighted by molar-refractivity contribution is 0.0449. The topological polar surface area (TPSA) is 64.6 Å². The molecule has 3 aromatic carbocycles. The minimum atomic E-state index is -1.92. The van der Waals surface area contributed by atoms with Gasteiger partial charge in [-0.1, -0.05) is 45.0 Å². The van der Waals surface area contributed by atoms with Gasteiger partial charge in [-0.2, -0.15) is 0 Å². The van der Waals surface area contributed by atoms with Crippen molar-refractivity contribution in [3.05, 3.63) is 82.4 Å². The quantitative estimate of drug-likeness (QED) is 0.136. The average Bonchev–Trinajstić information content (AvgIpc) is 2.99. The zero-order valence-corrected chi connectivity index (χ0v) is 28.1. The van der Waals surface area contributed by atoms with Gasteiger partial charge in [0.05, 0.1) is 0 Å². The van der Waals surface area contributed by atoms with E-state index in [1.807, 2.05) is 18.2 Å². The smallest absolute Gasteiger partial charge is 0.250 e. The Hall–Kier alpha value is -3.04. The summed E-state index contributed by atoms with van der Waals surface area (Å²) in [6.07, 6.45) is 3.52. The van der Waals surface area contributed by atoms with Crippen LogP contribution in [0.25, 0.3) is 0 Å². The summed E-state index contributed by atoms with van der Waals surface area (Å²) in [5.74, 6) is 3.67. The molecule has 4 rings (SSSR count). The maximum atomic E-state index is 6.54. The summed E-state index contributed by atoms with van der Waals surface area (Å²) in [5, 5.41) is 0.138. The second-order valence-electron chi connectivity index (χ2n) is 12.7. The Morgan fingerprint density at radius 2 is 1.30 bits per heavy atom. The van der Waals surface area contributed by atoms with E-state index in [0.717, 1.165) is 48.7 Å². The summed E-state index contributed by atoms with van der Waals surface area (Å²) in [4.78, 5) is 0. The first-order valence-electron chi connectivity index (χ1n) is 15.0. The molecule has 0 radical (unpaired) electrons. The van der Waals surface area contributed by atoms with Gasteiger partial charge < -0.3 is 32.8 Å². The van der Waals surface area contributed by atoms with Crippen LogP contribution in [0, 0.1) is 0 Å². The standard InChI is InChI=1S/C35H48O7Si/c1-35(2,3)43(7,8)42-29-14-9-25(10-15-29)19-32-31-20-27(26-11-16-28(17-12-26)39-22-36-4)13-18-30(31)33(40-23-37-5)21-34(32)41-24-38-6/h9-12,14-17,21,27H,13,18-20,22-24H2,1-8H3. The van der Waals surface area contributed by atoms with Crippen molar-refractivity contribution in [3.8, 4) is 23.0 Å². The molecule has 0 saturated heterocycles. The number of fused-ring (bicyclic) bond motifs is 1. The van der Waals surface area contributed by atoms with Gasteiger partial charge in [-0.15, -0.1) is 0 Å². The van der Waals surface area contributed by atoms with Crippen molar-refractivity contribution in [1.29, 1.82) is 0 Å². The molecule has 0 aliphatic heterocycles. The fourth-order valence-electron chi connectivity index (χ4n) is 5.23. The van der Waals surface area contributed by atoms with Crippen LogP contribution in [0.2, 0.25) is 18.1 Å². The Bertz CT molecular complexity index is 1310. The van der Waals surface area contributed by atoms with Crippen LogP contribution in [0.3, 0.4) is 0 Å². The van der Waals surface area contributed by atoms with E-state index in [-0.39, 0.29) is 25.4 Å². The largest absolute Gasteiger partial charge is 0.544 e. The Morgan fingerprint density at radius 1 is 0.721 bits per heavy atom. The fraction of sp³-hybridized carbons (Fsp3) is 0.486. The van der Waals surface area contributed by atoms with E-state index in [2.05, 4.69) is 70.3 Å². The lowest BCUT2D eigenvalue weighted by Crippen LogP contribution is -2.43. The summed E-state index contributed by atoms with van der Waals surface area (Å²) in [6.45, 7) is 11.9. The van der Waals surface area contributed by atoms with Crippen molar-refractivity contribution in [2.45, 2.75) is 70.5 Å². The summed E-state index contributed by atoms with van der Waals surface area (Å²) in [7, 11) is 2.98. The third-order valence-electron chi connectivity index (χ3n) is 8.62. The molecule has 0 aromatic heterocycles. The van der Waals surface area contributed by atoms with Crippen molar-refractivity contribution in [2.75, 3.05) is 41.7 Å². The highest BCUT2D eigenvalue weighted by molar-refractivity contribution is 6.74. The van der Waals surface area contributed by atoms with Gasteiger partial charge in [0.1, 0.15) is 23.0 Å². The van der Waals surface area contributed by atoms with Crippen LogP contribution in [0.5, 0.6) is 23.0 Å². The molecule has 0 heterocycles. The highest BCUT2D eigenvalue weighted by Crippen LogP contribution is 2.44. The normalized spacial score (nSPS) is 15.1. The summed E-state index contributed by atoms with van der Waals surface area (Å²) in [6, 6.07) is 18.9. The number of ether oxygens (including phenoxy) is 6. The van der Waals surface area contributed by atoms with Gasteiger partial charge in [-0.25, -0.2) is 0 Å². The van der Waals surface area contributed by atoms with E-state index < -0.39 is 8.32 Å². The first-order chi connectivity index (χ1) is 20.6. The molecular weight excluding hydrogens is 560 g/mol. The first kappa shape index (κ1) is 32.9. The summed E-state index contributed by atoms with van der Waals surface area (Å²) in [5.41, 5.74) is 6.15. The van der Waals surface area contributed by atoms with Gasteiger partial charge in [-0.05, 0) is 89.8 Å². The fourth-order valence-corrected chi connectivity index (χ4v) is 6.26. The van der Waals surface area contributed by atoms with E-state index in [4.69, 9.17) is 32.8 Å². The number of rotatable bonds is 14. The molecule has 0 spiro atoms. The molecule has 0 bridgehead atoms. The maximum absolute atomic E-state index is 6.54. The second-order valence-corrected chi connectivity index (χ2v) is 17.4. The van der Waals surface area contributed by atoms with Gasteiger partial charge in [0.15, 0.2) is 20.4 Å². The minimum Gasteiger partial charge on any atom is -0.544 e. The highest BCUT2D eigenvalue weighted by Gasteiger charge is 2.39. The third kappa shape index (κ3) is 8.32. The van der Waals surface area contributed by atoms with Gasteiger partial charge in [0, 0.05) is 39.4 Å². The molecular formula is C35H48O7Si. The lowest BCUT2D eigenvalue weighted by atomic mass is 9.77. The van der Waals surface area contributed by atoms with Crippen LogP contribution in [-0.4, -0.2) is 50.0 Å². The Balaban J connectivity index is 1.67. The Morgan fingerprint density at radius 3 is 1.91 bits per heavy atom. The van der Waals surface area contributed by atoms with Crippen LogP contribution in [0.4, 0.5) is 0 Å². The summed E-state index contributed by atoms with van der Waals surface area (Å²) < 4.78 is 40.0. The zero-order valence-electron chi connectivity index (χ0n) is 27.1. The van der Waals surface area contributed by atoms with E-state index in [1.54, 1.807) is 21.3 Å². The van der Waals surface area contributed by atoms with Crippen molar-refractivity contribution in [2.24, 2.45) is 0 Å². The minimum absolute atomic E-state index is 0.138. The van der Waals surface area contributed by atoms with Crippen molar-refractivity contribution in [1.82, 2.24) is 0 Å². The molecule has 0 amide bonds. The molecule has 7 nitrogen and oxygen atoms in total. The molecule has 1 atom stereocenters. The molecule has 43 heavy (non-hydrogen) atoms. The zero-order chi connectivity index (χ0) is 31.0. The third-order valence-corrected chi connectivity index (χ3v) is 13.0. The van der Waals surface area contributed by atoms with Crippen LogP contribution in [-0.2, 0) is 33.5 Å². The monoisotopic (exact) mass is 608 g/mol. The molecule has 3 aromatic rings. The van der Waals surface area contributed by atoms with Crippen molar-refractivity contribution in [3.63, 3.8) is 0 Å². The predicted octanol–water partition coefficient (Wildman–Crippen LogP) is 7.88. The van der Waals surface area contributed by atoms with Gasteiger partial charge >= 0.3 is 0 Å². The molecule has 0 fully saturated rings. The van der Waals surface area contributed by atoms with E-state index in [1.165, 1.54) is 27.8 Å². The number of hydrogen-bond acceptors (Lipinski definition) is 7. The van der Waals surface area contributed by atoms with Gasteiger partial charge in [0.25, 0.3) is 0 Å². The molecule has 0 N–H and O–H groups in total. The maximum Gasteiger partial charge on any atom is 0.250 e. The molecule has 0 saturated carbocycles. The SMILES string of the molecule is COCOc1ccc(C2CCc3c(OCOC)cc(OCOC)c(Cc4ccc(O[Si](C)(C)C(C)(C)C)cc4)c3C2)cc1. The number of hydrogen-bond donors (Lipinski definition) is 0. The molecule has 8 heteroatoms. The van der Waals surface area contributed by atoms with Crippen LogP contribution >= 0.6 is 0 Å². The number of benzene rings is 3. The summed E-state index contributed by atoms with van der Waals surface area (Å²) >= 11 is 0. The lowest BCUT2D eigenvalue weighted by Gasteiger charge is -2.36. The van der Waals surface area contributed by atoms with E-state index >= 15 is 0 Å². The van der Waals surface area contributed by atoms with E-state index in [0.29, 0.717) is 5.92 Å². The predicted molar refractivity (Wildman–Crippen MR) is 172 cm³/mol. The molecule has 1 aliphatic carbocycles. The second kappa shape index (κ2) is 14.6. The van der Waals surface area contributed by atoms with Crippen LogP contribution in [0.15, 0.2) is 54.6 Å². The Labute approximate surface area is 258 Å². The van der Waals surface area contributed by atoms with Crippen LogP contribution < -0.4 is 18.6 Å². The average molecular weight is 609 g/mol. The highest BCUT2D eigenvalue weighted by atomic mass is 28.4. The molecule has 1 aliphatic rings. The molecule has 1 unspecified atom stereocenters. The van der Waals surface area contributed by atoms with Gasteiger partial charge in [0.2, 0.25) is 8.32 Å². The first-order valence-corrected chi connectivity index (χ1v) is 17.9. The van der Waals surface area contributed by atoms with Crippen molar-refractivity contribution >= 4 is 8.32 Å².